The van der Waals surface area contributed by atoms with Crippen LogP contribution >= 0.6 is 0 Å². The first kappa shape index (κ1) is 22.7. The maximum atomic E-state index is 15.4. The number of aromatic nitrogens is 1. The summed E-state index contributed by atoms with van der Waals surface area (Å²) in [7, 11) is 1.77. The Morgan fingerprint density at radius 1 is 1.19 bits per heavy atom. The standard InChI is InChI=1S/C25H30F3N3O/c1-15-11-18-17-7-5-6-8-21(17)30-23(18)24(31(15)14-25(2,3)28)22-19(26)12-16(13-20(22)27)32-10-9-29-4/h5-8,12-13,15,24,29-30H,9-11,14H2,1-4H3/t15-,24-/m1/s1. The average molecular weight is 446 g/mol. The molecule has 1 aliphatic heterocycles. The minimum Gasteiger partial charge on any atom is -0.492 e. The van der Waals surface area contributed by atoms with Gasteiger partial charge in [0.25, 0.3) is 0 Å². The maximum absolute atomic E-state index is 15.4. The first-order valence-corrected chi connectivity index (χ1v) is 11.0. The van der Waals surface area contributed by atoms with Gasteiger partial charge in [-0.25, -0.2) is 13.2 Å². The molecule has 4 nitrogen and oxygen atoms in total. The normalized spacial score (nSPS) is 19.3. The number of para-hydroxylation sites is 1. The number of rotatable bonds is 7. The van der Waals surface area contributed by atoms with Crippen molar-refractivity contribution >= 4 is 10.9 Å². The number of likely N-dealkylation sites (N-methyl/N-ethyl adjacent to an activating group) is 1. The average Bonchev–Trinajstić information content (AvgIpc) is 3.07. The third-order valence-corrected chi connectivity index (χ3v) is 6.02. The molecule has 2 N–H and O–H groups in total. The number of halogens is 3. The van der Waals surface area contributed by atoms with E-state index in [2.05, 4.69) is 10.3 Å². The summed E-state index contributed by atoms with van der Waals surface area (Å²) in [5.74, 6) is -1.26. The molecule has 2 atom stereocenters. The molecule has 3 aromatic rings. The Hall–Kier alpha value is -2.51. The van der Waals surface area contributed by atoms with E-state index in [-0.39, 0.29) is 23.9 Å². The van der Waals surface area contributed by atoms with Crippen LogP contribution in [0.3, 0.4) is 0 Å². The highest BCUT2D eigenvalue weighted by atomic mass is 19.1. The minimum absolute atomic E-state index is 0.0486. The van der Waals surface area contributed by atoms with Crippen LogP contribution in [0.4, 0.5) is 13.2 Å². The molecule has 7 heteroatoms. The summed E-state index contributed by atoms with van der Waals surface area (Å²) in [6, 6.07) is 9.38. The van der Waals surface area contributed by atoms with Crippen molar-refractivity contribution in [3.05, 3.63) is 64.9 Å². The third kappa shape index (κ3) is 4.36. The summed E-state index contributed by atoms with van der Waals surface area (Å²) in [5, 5.41) is 3.96. The summed E-state index contributed by atoms with van der Waals surface area (Å²) in [6.07, 6.45) is 0.667. The summed E-state index contributed by atoms with van der Waals surface area (Å²) in [6.45, 7) is 5.86. The van der Waals surface area contributed by atoms with Gasteiger partial charge in [0, 0.05) is 53.4 Å². The maximum Gasteiger partial charge on any atom is 0.135 e. The molecule has 0 saturated carbocycles. The SMILES string of the molecule is CNCCOc1cc(F)c([C@@H]2c3[nH]c4ccccc4c3C[C@@H](C)N2CC(C)(C)F)c(F)c1. The monoisotopic (exact) mass is 445 g/mol. The number of H-pyrrole nitrogens is 1. The number of fused-ring (bicyclic) bond motifs is 3. The van der Waals surface area contributed by atoms with Gasteiger partial charge in [-0.3, -0.25) is 4.90 Å². The lowest BCUT2D eigenvalue weighted by Gasteiger charge is -2.43. The Kier molecular flexibility index (Phi) is 6.23. The van der Waals surface area contributed by atoms with Crippen LogP contribution in [0.25, 0.3) is 10.9 Å². The van der Waals surface area contributed by atoms with Gasteiger partial charge in [-0.2, -0.15) is 0 Å². The molecule has 2 aromatic carbocycles. The molecule has 1 aliphatic rings. The van der Waals surface area contributed by atoms with E-state index in [0.29, 0.717) is 19.6 Å². The van der Waals surface area contributed by atoms with E-state index in [1.807, 2.05) is 36.1 Å². The minimum atomic E-state index is -1.53. The molecule has 4 rings (SSSR count). The van der Waals surface area contributed by atoms with Crippen molar-refractivity contribution in [2.45, 2.75) is 44.9 Å². The van der Waals surface area contributed by atoms with Gasteiger partial charge in [0.2, 0.25) is 0 Å². The lowest BCUT2D eigenvalue weighted by molar-refractivity contribution is 0.0642. The quantitative estimate of drug-likeness (QED) is 0.496. The fraction of sp³-hybridized carbons (Fsp3) is 0.440. The molecule has 32 heavy (non-hydrogen) atoms. The highest BCUT2D eigenvalue weighted by Gasteiger charge is 2.41. The molecule has 0 radical (unpaired) electrons. The van der Waals surface area contributed by atoms with E-state index >= 15 is 8.78 Å². The van der Waals surface area contributed by atoms with E-state index in [4.69, 9.17) is 4.74 Å². The van der Waals surface area contributed by atoms with Gasteiger partial charge in [-0.15, -0.1) is 0 Å². The van der Waals surface area contributed by atoms with Gasteiger partial charge in [-0.05, 0) is 45.9 Å². The Morgan fingerprint density at radius 3 is 2.53 bits per heavy atom. The Bertz CT molecular complexity index is 1080. The van der Waals surface area contributed by atoms with Gasteiger partial charge >= 0.3 is 0 Å². The second kappa shape index (κ2) is 8.79. The topological polar surface area (TPSA) is 40.3 Å². The third-order valence-electron chi connectivity index (χ3n) is 6.02. The van der Waals surface area contributed by atoms with Crippen molar-refractivity contribution < 1.29 is 17.9 Å². The van der Waals surface area contributed by atoms with Gasteiger partial charge < -0.3 is 15.0 Å². The predicted molar refractivity (Wildman–Crippen MR) is 121 cm³/mol. The van der Waals surface area contributed by atoms with E-state index in [9.17, 15) is 4.39 Å². The molecule has 0 unspecified atom stereocenters. The van der Waals surface area contributed by atoms with E-state index < -0.39 is 23.3 Å². The number of ether oxygens (including phenoxy) is 1. The van der Waals surface area contributed by atoms with Crippen molar-refractivity contribution in [1.82, 2.24) is 15.2 Å². The van der Waals surface area contributed by atoms with Gasteiger partial charge in [0.05, 0.1) is 6.04 Å². The van der Waals surface area contributed by atoms with Crippen molar-refractivity contribution in [1.29, 1.82) is 0 Å². The number of hydrogen-bond acceptors (Lipinski definition) is 3. The molecule has 2 heterocycles. The highest BCUT2D eigenvalue weighted by molar-refractivity contribution is 5.85. The summed E-state index contributed by atoms with van der Waals surface area (Å²) in [4.78, 5) is 5.24. The summed E-state index contributed by atoms with van der Waals surface area (Å²) >= 11 is 0. The van der Waals surface area contributed by atoms with Crippen molar-refractivity contribution in [3.63, 3.8) is 0 Å². The molecule has 172 valence electrons. The van der Waals surface area contributed by atoms with Crippen LogP contribution < -0.4 is 10.1 Å². The molecule has 0 fully saturated rings. The van der Waals surface area contributed by atoms with Crippen LogP contribution in [0.1, 0.15) is 43.6 Å². The fourth-order valence-corrected chi connectivity index (χ4v) is 4.68. The number of hydrogen-bond donors (Lipinski definition) is 2. The van der Waals surface area contributed by atoms with E-state index in [1.54, 1.807) is 7.05 Å². The van der Waals surface area contributed by atoms with Crippen LogP contribution in [-0.4, -0.2) is 48.3 Å². The first-order chi connectivity index (χ1) is 15.2. The summed E-state index contributed by atoms with van der Waals surface area (Å²) in [5.41, 5.74) is 1.03. The second-order valence-electron chi connectivity index (χ2n) is 9.16. The summed E-state index contributed by atoms with van der Waals surface area (Å²) < 4.78 is 51.1. The molecular weight excluding hydrogens is 415 g/mol. The number of alkyl halides is 1. The Labute approximate surface area is 186 Å². The second-order valence-corrected chi connectivity index (χ2v) is 9.16. The lowest BCUT2D eigenvalue weighted by Crippen LogP contribution is -2.48. The van der Waals surface area contributed by atoms with Gasteiger partial charge in [-0.1, -0.05) is 18.2 Å². The lowest BCUT2D eigenvalue weighted by atomic mass is 9.87. The van der Waals surface area contributed by atoms with Crippen molar-refractivity contribution in [3.8, 4) is 5.75 Å². The molecule has 0 saturated heterocycles. The zero-order valence-electron chi connectivity index (χ0n) is 18.9. The molecule has 0 bridgehead atoms. The van der Waals surface area contributed by atoms with Crippen LogP contribution in [0, 0.1) is 11.6 Å². The number of nitrogens with one attached hydrogen (secondary N) is 2. The van der Waals surface area contributed by atoms with Crippen LogP contribution in [0.5, 0.6) is 5.75 Å². The number of benzene rings is 2. The number of nitrogens with zero attached hydrogens (tertiary/aromatic N) is 1. The first-order valence-electron chi connectivity index (χ1n) is 11.0. The van der Waals surface area contributed by atoms with E-state index in [1.165, 1.54) is 26.0 Å². The van der Waals surface area contributed by atoms with Crippen LogP contribution in [-0.2, 0) is 6.42 Å². The van der Waals surface area contributed by atoms with Crippen molar-refractivity contribution in [2.75, 3.05) is 26.7 Å². The van der Waals surface area contributed by atoms with Crippen molar-refractivity contribution in [2.24, 2.45) is 0 Å². The van der Waals surface area contributed by atoms with Gasteiger partial charge in [0.1, 0.15) is 29.7 Å². The Balaban J connectivity index is 1.85. The van der Waals surface area contributed by atoms with E-state index in [0.717, 1.165) is 22.2 Å². The Morgan fingerprint density at radius 2 is 1.88 bits per heavy atom. The van der Waals surface area contributed by atoms with Crippen LogP contribution in [0.15, 0.2) is 36.4 Å². The predicted octanol–water partition coefficient (Wildman–Crippen LogP) is 5.13. The zero-order valence-corrected chi connectivity index (χ0v) is 18.9. The van der Waals surface area contributed by atoms with Crippen LogP contribution in [0.2, 0.25) is 0 Å². The molecule has 0 aliphatic carbocycles. The highest BCUT2D eigenvalue weighted by Crippen LogP contribution is 2.43. The molecule has 0 amide bonds. The zero-order chi connectivity index (χ0) is 23.0. The smallest absolute Gasteiger partial charge is 0.135 e. The fourth-order valence-electron chi connectivity index (χ4n) is 4.68. The molecular formula is C25H30F3N3O. The molecule has 1 aromatic heterocycles. The largest absolute Gasteiger partial charge is 0.492 e. The number of aromatic amines is 1. The molecule has 0 spiro atoms. The van der Waals surface area contributed by atoms with Gasteiger partial charge in [0.15, 0.2) is 0 Å².